The van der Waals surface area contributed by atoms with Crippen molar-refractivity contribution in [2.45, 2.75) is 18.7 Å². The standard InChI is InChI=1S/C26H23FN2O5S/c1-15(11-24(30)29-19-5-4-6-20(12-19)35(28,31)32)21-13-22-23(17-7-9-18(27)10-8-17)14-34-26(22)16(2)25(21)33-3/h4-14H,1-3H3,(H,29,30)(H2,28,31,32)/b15-11+. The van der Waals surface area contributed by atoms with Crippen molar-refractivity contribution in [3.05, 3.63) is 83.9 Å². The Morgan fingerprint density at radius 2 is 1.86 bits per heavy atom. The number of nitrogens with two attached hydrogens (primary N) is 1. The highest BCUT2D eigenvalue weighted by atomic mass is 32.2. The number of hydrogen-bond acceptors (Lipinski definition) is 5. The minimum Gasteiger partial charge on any atom is -0.496 e. The van der Waals surface area contributed by atoms with Gasteiger partial charge in [0.15, 0.2) is 0 Å². The fourth-order valence-corrected chi connectivity index (χ4v) is 4.49. The second-order valence-corrected chi connectivity index (χ2v) is 9.57. The smallest absolute Gasteiger partial charge is 0.248 e. The lowest BCUT2D eigenvalue weighted by atomic mass is 9.96. The van der Waals surface area contributed by atoms with Gasteiger partial charge in [0, 0.05) is 33.8 Å². The fraction of sp³-hybridized carbons (Fsp3) is 0.115. The summed E-state index contributed by atoms with van der Waals surface area (Å²) in [5.41, 5.74) is 4.52. The predicted octanol–water partition coefficient (Wildman–Crippen LogP) is 5.25. The number of sulfonamides is 1. The van der Waals surface area contributed by atoms with Crippen molar-refractivity contribution >= 4 is 38.2 Å². The highest BCUT2D eigenvalue weighted by molar-refractivity contribution is 7.89. The summed E-state index contributed by atoms with van der Waals surface area (Å²) < 4.78 is 48.0. The molecule has 0 aliphatic heterocycles. The Morgan fingerprint density at radius 1 is 1.14 bits per heavy atom. The molecule has 4 aromatic rings. The lowest BCUT2D eigenvalue weighted by Gasteiger charge is -2.13. The van der Waals surface area contributed by atoms with Crippen LogP contribution in [0.2, 0.25) is 0 Å². The van der Waals surface area contributed by atoms with E-state index < -0.39 is 15.9 Å². The van der Waals surface area contributed by atoms with Crippen molar-refractivity contribution in [1.29, 1.82) is 0 Å². The molecule has 3 N–H and O–H groups in total. The van der Waals surface area contributed by atoms with E-state index >= 15 is 0 Å². The van der Waals surface area contributed by atoms with Gasteiger partial charge in [-0.15, -0.1) is 0 Å². The van der Waals surface area contributed by atoms with Gasteiger partial charge in [0.05, 0.1) is 18.3 Å². The first-order valence-electron chi connectivity index (χ1n) is 10.6. The van der Waals surface area contributed by atoms with Crippen LogP contribution in [0.4, 0.5) is 10.1 Å². The number of hydrogen-bond donors (Lipinski definition) is 2. The largest absolute Gasteiger partial charge is 0.496 e. The molecule has 3 aromatic carbocycles. The summed E-state index contributed by atoms with van der Waals surface area (Å²) in [4.78, 5) is 12.6. The number of methoxy groups -OCH3 is 1. The monoisotopic (exact) mass is 494 g/mol. The molecule has 4 rings (SSSR count). The van der Waals surface area contributed by atoms with Gasteiger partial charge in [0.25, 0.3) is 0 Å². The number of rotatable bonds is 6. The Morgan fingerprint density at radius 3 is 2.51 bits per heavy atom. The van der Waals surface area contributed by atoms with Gasteiger partial charge in [-0.3, -0.25) is 4.79 Å². The molecule has 0 aliphatic rings. The molecule has 35 heavy (non-hydrogen) atoms. The Bertz CT molecular complexity index is 1570. The minimum absolute atomic E-state index is 0.105. The molecule has 0 radical (unpaired) electrons. The number of furan rings is 1. The highest BCUT2D eigenvalue weighted by Crippen LogP contribution is 2.40. The number of carbonyl (C=O) groups is 1. The molecule has 0 fully saturated rings. The zero-order valence-electron chi connectivity index (χ0n) is 19.3. The van der Waals surface area contributed by atoms with Crippen LogP contribution in [0.3, 0.4) is 0 Å². The van der Waals surface area contributed by atoms with Crippen LogP contribution in [-0.4, -0.2) is 21.4 Å². The van der Waals surface area contributed by atoms with E-state index in [0.29, 0.717) is 22.5 Å². The van der Waals surface area contributed by atoms with E-state index in [1.165, 1.54) is 43.5 Å². The molecule has 1 amide bonds. The molecular formula is C26H23FN2O5S. The van der Waals surface area contributed by atoms with E-state index in [1.54, 1.807) is 31.4 Å². The molecule has 0 saturated carbocycles. The molecule has 1 heterocycles. The summed E-state index contributed by atoms with van der Waals surface area (Å²) >= 11 is 0. The van der Waals surface area contributed by atoms with Crippen LogP contribution in [-0.2, 0) is 14.8 Å². The van der Waals surface area contributed by atoms with Gasteiger partial charge in [-0.2, -0.15) is 0 Å². The molecule has 0 atom stereocenters. The molecule has 9 heteroatoms. The van der Waals surface area contributed by atoms with Crippen LogP contribution in [0.15, 0.2) is 76.2 Å². The average Bonchev–Trinajstić information content (AvgIpc) is 3.23. The van der Waals surface area contributed by atoms with Gasteiger partial charge in [0.1, 0.15) is 17.1 Å². The summed E-state index contributed by atoms with van der Waals surface area (Å²) in [6.45, 7) is 3.62. The van der Waals surface area contributed by atoms with Gasteiger partial charge < -0.3 is 14.5 Å². The molecule has 1 aromatic heterocycles. The van der Waals surface area contributed by atoms with Gasteiger partial charge >= 0.3 is 0 Å². The maximum absolute atomic E-state index is 13.4. The molecule has 7 nitrogen and oxygen atoms in total. The molecule has 0 unspecified atom stereocenters. The molecule has 0 spiro atoms. The summed E-state index contributed by atoms with van der Waals surface area (Å²) in [7, 11) is -2.36. The summed E-state index contributed by atoms with van der Waals surface area (Å²) in [6, 6.07) is 13.7. The predicted molar refractivity (Wildman–Crippen MR) is 133 cm³/mol. The first-order valence-corrected chi connectivity index (χ1v) is 12.1. The van der Waals surface area contributed by atoms with E-state index in [9.17, 15) is 17.6 Å². The SMILES string of the molecule is COc1c(/C(C)=C/C(=O)Nc2cccc(S(N)(=O)=O)c2)cc2c(-c3ccc(F)cc3)coc2c1C. The second-order valence-electron chi connectivity index (χ2n) is 8.00. The second kappa shape index (κ2) is 9.36. The average molecular weight is 495 g/mol. The fourth-order valence-electron chi connectivity index (χ4n) is 3.93. The van der Waals surface area contributed by atoms with Crippen LogP contribution >= 0.6 is 0 Å². The van der Waals surface area contributed by atoms with Gasteiger partial charge in [-0.1, -0.05) is 18.2 Å². The van der Waals surface area contributed by atoms with Crippen LogP contribution in [0.1, 0.15) is 18.1 Å². The maximum Gasteiger partial charge on any atom is 0.248 e. The van der Waals surface area contributed by atoms with E-state index in [0.717, 1.165) is 22.1 Å². The van der Waals surface area contributed by atoms with Crippen molar-refractivity contribution in [2.75, 3.05) is 12.4 Å². The van der Waals surface area contributed by atoms with E-state index in [4.69, 9.17) is 14.3 Å². The lowest BCUT2D eigenvalue weighted by molar-refractivity contribution is -0.111. The van der Waals surface area contributed by atoms with E-state index in [-0.39, 0.29) is 16.4 Å². The number of ether oxygens (including phenoxy) is 1. The van der Waals surface area contributed by atoms with Crippen LogP contribution in [0.5, 0.6) is 5.75 Å². The summed E-state index contributed by atoms with van der Waals surface area (Å²) in [5.74, 6) is -0.241. The van der Waals surface area contributed by atoms with Crippen LogP contribution < -0.4 is 15.2 Å². The molecule has 0 saturated heterocycles. The number of aryl methyl sites for hydroxylation is 1. The number of nitrogens with one attached hydrogen (secondary N) is 1. The van der Waals surface area contributed by atoms with Crippen molar-refractivity contribution < 1.29 is 26.8 Å². The Labute approximate surface area is 202 Å². The minimum atomic E-state index is -3.90. The first-order chi connectivity index (χ1) is 16.6. The third-order valence-electron chi connectivity index (χ3n) is 5.61. The molecule has 180 valence electrons. The third-order valence-corrected chi connectivity index (χ3v) is 6.52. The number of benzene rings is 3. The third kappa shape index (κ3) is 4.96. The number of halogens is 1. The zero-order valence-corrected chi connectivity index (χ0v) is 20.1. The zero-order chi connectivity index (χ0) is 25.3. The number of anilines is 1. The molecular weight excluding hydrogens is 471 g/mol. The quantitative estimate of drug-likeness (QED) is 0.356. The van der Waals surface area contributed by atoms with E-state index in [1.807, 2.05) is 13.0 Å². The number of primary sulfonamides is 1. The van der Waals surface area contributed by atoms with Gasteiger partial charge in [-0.05, 0) is 61.4 Å². The Balaban J connectivity index is 1.73. The summed E-state index contributed by atoms with van der Waals surface area (Å²) in [5, 5.41) is 8.61. The van der Waals surface area contributed by atoms with Gasteiger partial charge in [0.2, 0.25) is 15.9 Å². The molecule has 0 aliphatic carbocycles. The topological polar surface area (TPSA) is 112 Å². The number of fused-ring (bicyclic) bond motifs is 1. The number of carbonyl (C=O) groups excluding carboxylic acids is 1. The first kappa shape index (κ1) is 24.2. The number of allylic oxidation sites excluding steroid dienone is 1. The Kier molecular flexibility index (Phi) is 6.47. The van der Waals surface area contributed by atoms with Crippen molar-refractivity contribution in [2.24, 2.45) is 5.14 Å². The Hall–Kier alpha value is -3.95. The van der Waals surface area contributed by atoms with Crippen molar-refractivity contribution in [3.8, 4) is 16.9 Å². The highest BCUT2D eigenvalue weighted by Gasteiger charge is 2.19. The summed E-state index contributed by atoms with van der Waals surface area (Å²) in [6.07, 6.45) is 3.00. The maximum atomic E-state index is 13.4. The van der Waals surface area contributed by atoms with E-state index in [2.05, 4.69) is 5.32 Å². The lowest BCUT2D eigenvalue weighted by Crippen LogP contribution is -2.13. The van der Waals surface area contributed by atoms with Crippen molar-refractivity contribution in [3.63, 3.8) is 0 Å². The van der Waals surface area contributed by atoms with Gasteiger partial charge in [-0.25, -0.2) is 17.9 Å². The van der Waals surface area contributed by atoms with Crippen LogP contribution in [0.25, 0.3) is 27.7 Å². The van der Waals surface area contributed by atoms with Crippen molar-refractivity contribution in [1.82, 2.24) is 0 Å². The van der Waals surface area contributed by atoms with Crippen LogP contribution in [0, 0.1) is 12.7 Å². The normalized spacial score (nSPS) is 12.1. The molecule has 0 bridgehead atoms. The number of amides is 1.